The van der Waals surface area contributed by atoms with Crippen LogP contribution in [-0.4, -0.2) is 24.6 Å². The van der Waals surface area contributed by atoms with E-state index in [9.17, 15) is 4.79 Å². The number of hydrogen-bond donors (Lipinski definition) is 2. The first-order valence-corrected chi connectivity index (χ1v) is 7.36. The summed E-state index contributed by atoms with van der Waals surface area (Å²) in [6.07, 6.45) is 2.23. The fourth-order valence-corrected chi connectivity index (χ4v) is 1.97. The van der Waals surface area contributed by atoms with E-state index in [2.05, 4.69) is 19.2 Å². The van der Waals surface area contributed by atoms with Crippen molar-refractivity contribution in [2.75, 3.05) is 6.54 Å². The van der Waals surface area contributed by atoms with E-state index in [0.29, 0.717) is 12.3 Å². The van der Waals surface area contributed by atoms with E-state index in [-0.39, 0.29) is 11.9 Å². The molecule has 1 atom stereocenters. The van der Waals surface area contributed by atoms with E-state index in [1.165, 1.54) is 5.56 Å². The van der Waals surface area contributed by atoms with Gasteiger partial charge in [0.25, 0.3) is 5.91 Å². The first kappa shape index (κ1) is 16.5. The Morgan fingerprint density at radius 2 is 1.85 bits per heavy atom. The smallest absolute Gasteiger partial charge is 0.260 e. The molecule has 0 spiro atoms. The van der Waals surface area contributed by atoms with Crippen LogP contribution in [0.25, 0.3) is 0 Å². The third-order valence-corrected chi connectivity index (χ3v) is 3.37. The second kappa shape index (κ2) is 8.59. The Kier molecular flexibility index (Phi) is 7.09. The second-order valence-corrected chi connectivity index (χ2v) is 4.96. The number of nitrogens with two attached hydrogens (primary N) is 1. The topological polar surface area (TPSA) is 64.3 Å². The maximum atomic E-state index is 12.0. The molecule has 0 aliphatic rings. The molecule has 0 saturated carbocycles. The predicted octanol–water partition coefficient (Wildman–Crippen LogP) is 2.26. The van der Waals surface area contributed by atoms with Gasteiger partial charge in [0.15, 0.2) is 6.10 Å². The SMILES string of the molecule is CCC(CC)NC(=O)C(C)Oc1ccc(CCN)cc1. The Morgan fingerprint density at radius 1 is 1.25 bits per heavy atom. The first-order valence-electron chi connectivity index (χ1n) is 7.36. The van der Waals surface area contributed by atoms with Gasteiger partial charge in [0.1, 0.15) is 5.75 Å². The number of carbonyl (C=O) groups is 1. The zero-order valence-electron chi connectivity index (χ0n) is 12.7. The van der Waals surface area contributed by atoms with Crippen LogP contribution in [0.15, 0.2) is 24.3 Å². The molecule has 20 heavy (non-hydrogen) atoms. The number of nitrogens with one attached hydrogen (secondary N) is 1. The van der Waals surface area contributed by atoms with E-state index in [0.717, 1.165) is 19.3 Å². The van der Waals surface area contributed by atoms with Gasteiger partial charge >= 0.3 is 0 Å². The minimum Gasteiger partial charge on any atom is -0.481 e. The highest BCUT2D eigenvalue weighted by molar-refractivity contribution is 5.81. The summed E-state index contributed by atoms with van der Waals surface area (Å²) in [6, 6.07) is 7.94. The summed E-state index contributed by atoms with van der Waals surface area (Å²) in [5.41, 5.74) is 6.68. The highest BCUT2D eigenvalue weighted by Gasteiger charge is 2.17. The van der Waals surface area contributed by atoms with E-state index in [1.54, 1.807) is 6.92 Å². The van der Waals surface area contributed by atoms with Crippen LogP contribution < -0.4 is 15.8 Å². The molecular formula is C16H26N2O2. The molecule has 112 valence electrons. The lowest BCUT2D eigenvalue weighted by atomic mass is 10.1. The molecule has 1 amide bonds. The average Bonchev–Trinajstić information content (AvgIpc) is 2.46. The quantitative estimate of drug-likeness (QED) is 0.766. The number of ether oxygens (including phenoxy) is 1. The van der Waals surface area contributed by atoms with Crippen molar-refractivity contribution < 1.29 is 9.53 Å². The third kappa shape index (κ3) is 5.21. The van der Waals surface area contributed by atoms with Gasteiger partial charge < -0.3 is 15.8 Å². The zero-order valence-corrected chi connectivity index (χ0v) is 12.7. The molecule has 1 rings (SSSR count). The summed E-state index contributed by atoms with van der Waals surface area (Å²) >= 11 is 0. The molecule has 0 aliphatic heterocycles. The molecule has 0 saturated heterocycles. The average molecular weight is 278 g/mol. The van der Waals surface area contributed by atoms with Crippen molar-refractivity contribution in [1.82, 2.24) is 5.32 Å². The lowest BCUT2D eigenvalue weighted by Crippen LogP contribution is -2.42. The summed E-state index contributed by atoms with van der Waals surface area (Å²) in [5, 5.41) is 2.99. The summed E-state index contributed by atoms with van der Waals surface area (Å²) in [7, 11) is 0. The molecular weight excluding hydrogens is 252 g/mol. The standard InChI is InChI=1S/C16H26N2O2/c1-4-14(5-2)18-16(19)12(3)20-15-8-6-13(7-9-15)10-11-17/h6-9,12,14H,4-5,10-11,17H2,1-3H3,(H,18,19). The number of amides is 1. The van der Waals surface area contributed by atoms with Gasteiger partial charge in [-0.25, -0.2) is 0 Å². The molecule has 3 N–H and O–H groups in total. The van der Waals surface area contributed by atoms with E-state index in [4.69, 9.17) is 10.5 Å². The normalized spacial score (nSPS) is 12.2. The summed E-state index contributed by atoms with van der Waals surface area (Å²) in [6.45, 7) is 6.53. The van der Waals surface area contributed by atoms with Crippen LogP contribution >= 0.6 is 0 Å². The van der Waals surface area contributed by atoms with Gasteiger partial charge in [0.05, 0.1) is 0 Å². The number of rotatable bonds is 8. The Labute approximate surface area is 121 Å². The zero-order chi connectivity index (χ0) is 15.0. The molecule has 0 fully saturated rings. The molecule has 0 heterocycles. The minimum atomic E-state index is -0.490. The van der Waals surface area contributed by atoms with Crippen molar-refractivity contribution in [1.29, 1.82) is 0 Å². The Morgan fingerprint density at radius 3 is 2.35 bits per heavy atom. The van der Waals surface area contributed by atoms with Crippen LogP contribution in [-0.2, 0) is 11.2 Å². The second-order valence-electron chi connectivity index (χ2n) is 4.96. The third-order valence-electron chi connectivity index (χ3n) is 3.37. The lowest BCUT2D eigenvalue weighted by Gasteiger charge is -2.19. The maximum Gasteiger partial charge on any atom is 0.260 e. The fourth-order valence-electron chi connectivity index (χ4n) is 1.97. The van der Waals surface area contributed by atoms with Crippen molar-refractivity contribution in [3.8, 4) is 5.75 Å². The summed E-state index contributed by atoms with van der Waals surface area (Å²) < 4.78 is 5.66. The van der Waals surface area contributed by atoms with E-state index >= 15 is 0 Å². The van der Waals surface area contributed by atoms with Crippen LogP contribution in [0.4, 0.5) is 0 Å². The van der Waals surface area contributed by atoms with Gasteiger partial charge in [-0.2, -0.15) is 0 Å². The highest BCUT2D eigenvalue weighted by Crippen LogP contribution is 2.14. The van der Waals surface area contributed by atoms with Crippen molar-refractivity contribution >= 4 is 5.91 Å². The van der Waals surface area contributed by atoms with Crippen LogP contribution in [0.5, 0.6) is 5.75 Å². The molecule has 4 heteroatoms. The van der Waals surface area contributed by atoms with Crippen molar-refractivity contribution in [2.45, 2.75) is 52.2 Å². The van der Waals surface area contributed by atoms with Gasteiger partial charge in [-0.3, -0.25) is 4.79 Å². The largest absolute Gasteiger partial charge is 0.481 e. The Bertz CT molecular complexity index is 399. The summed E-state index contributed by atoms with van der Waals surface area (Å²) in [4.78, 5) is 12.0. The molecule has 0 aliphatic carbocycles. The van der Waals surface area contributed by atoms with Crippen molar-refractivity contribution in [2.24, 2.45) is 5.73 Å². The predicted molar refractivity (Wildman–Crippen MR) is 81.8 cm³/mol. The van der Waals surface area contributed by atoms with Gasteiger partial charge in [0.2, 0.25) is 0 Å². The molecule has 0 radical (unpaired) electrons. The molecule has 1 unspecified atom stereocenters. The van der Waals surface area contributed by atoms with Gasteiger partial charge in [-0.15, -0.1) is 0 Å². The van der Waals surface area contributed by atoms with Crippen molar-refractivity contribution in [3.63, 3.8) is 0 Å². The first-order chi connectivity index (χ1) is 9.60. The van der Waals surface area contributed by atoms with Crippen LogP contribution in [0.3, 0.4) is 0 Å². The van der Waals surface area contributed by atoms with Gasteiger partial charge in [-0.05, 0) is 50.4 Å². The molecule has 0 aromatic heterocycles. The van der Waals surface area contributed by atoms with Crippen LogP contribution in [0, 0.1) is 0 Å². The molecule has 1 aromatic rings. The molecule has 1 aromatic carbocycles. The van der Waals surface area contributed by atoms with E-state index < -0.39 is 6.10 Å². The number of hydrogen-bond acceptors (Lipinski definition) is 3. The molecule has 4 nitrogen and oxygen atoms in total. The Hall–Kier alpha value is -1.55. The Balaban J connectivity index is 2.52. The monoisotopic (exact) mass is 278 g/mol. The van der Waals surface area contributed by atoms with Crippen LogP contribution in [0.1, 0.15) is 39.2 Å². The lowest BCUT2D eigenvalue weighted by molar-refractivity contribution is -0.128. The van der Waals surface area contributed by atoms with Crippen LogP contribution in [0.2, 0.25) is 0 Å². The highest BCUT2D eigenvalue weighted by atomic mass is 16.5. The van der Waals surface area contributed by atoms with Gasteiger partial charge in [0, 0.05) is 6.04 Å². The van der Waals surface area contributed by atoms with E-state index in [1.807, 2.05) is 24.3 Å². The maximum absolute atomic E-state index is 12.0. The number of benzene rings is 1. The number of carbonyl (C=O) groups excluding carboxylic acids is 1. The summed E-state index contributed by atoms with van der Waals surface area (Å²) in [5.74, 6) is 0.641. The molecule has 0 bridgehead atoms. The fraction of sp³-hybridized carbons (Fsp3) is 0.562. The minimum absolute atomic E-state index is 0.0651. The van der Waals surface area contributed by atoms with Crippen molar-refractivity contribution in [3.05, 3.63) is 29.8 Å². The van der Waals surface area contributed by atoms with Gasteiger partial charge in [-0.1, -0.05) is 26.0 Å².